The number of hydrogen-bond acceptors (Lipinski definition) is 7. The lowest BCUT2D eigenvalue weighted by Crippen LogP contribution is -2.15. The second-order valence-corrected chi connectivity index (χ2v) is 5.84. The molecule has 0 bridgehead atoms. The third kappa shape index (κ3) is 3.01. The van der Waals surface area contributed by atoms with Gasteiger partial charge in [-0.15, -0.1) is 0 Å². The number of nitrogens with zero attached hydrogens (tertiary/aromatic N) is 1. The molecular formula is C20H19NO6. The zero-order valence-corrected chi connectivity index (χ0v) is 15.3. The van der Waals surface area contributed by atoms with Crippen LogP contribution in [0.5, 0.6) is 28.7 Å². The molecule has 0 unspecified atom stereocenters. The summed E-state index contributed by atoms with van der Waals surface area (Å²) in [7, 11) is 4.71. The van der Waals surface area contributed by atoms with Gasteiger partial charge in [0.15, 0.2) is 28.8 Å². The van der Waals surface area contributed by atoms with Crippen LogP contribution in [0.1, 0.15) is 0 Å². The van der Waals surface area contributed by atoms with Gasteiger partial charge in [0.25, 0.3) is 0 Å². The Bertz CT molecular complexity index is 940. The van der Waals surface area contributed by atoms with Gasteiger partial charge < -0.3 is 28.2 Å². The summed E-state index contributed by atoms with van der Waals surface area (Å²) in [5.74, 6) is 3.62. The summed E-state index contributed by atoms with van der Waals surface area (Å²) in [6.07, 6.45) is 1.67. The van der Waals surface area contributed by atoms with Gasteiger partial charge in [0.05, 0.1) is 27.5 Å². The largest absolute Gasteiger partial charge is 0.493 e. The number of ether oxygens (including phenoxy) is 5. The van der Waals surface area contributed by atoms with E-state index in [2.05, 4.69) is 5.16 Å². The molecule has 1 aromatic heterocycles. The van der Waals surface area contributed by atoms with E-state index in [1.54, 1.807) is 27.5 Å². The molecule has 27 heavy (non-hydrogen) atoms. The minimum absolute atomic E-state index is 0.518. The maximum atomic E-state index is 5.68. The van der Waals surface area contributed by atoms with Crippen molar-refractivity contribution in [2.24, 2.45) is 0 Å². The first-order valence-corrected chi connectivity index (χ1v) is 8.40. The highest BCUT2D eigenvalue weighted by Crippen LogP contribution is 2.44. The highest BCUT2D eigenvalue weighted by atomic mass is 16.6. The molecule has 0 radical (unpaired) electrons. The van der Waals surface area contributed by atoms with E-state index in [1.165, 1.54) is 0 Å². The second kappa shape index (κ2) is 7.11. The molecule has 7 heteroatoms. The molecule has 2 aromatic carbocycles. The van der Waals surface area contributed by atoms with Gasteiger partial charge in [-0.2, -0.15) is 0 Å². The van der Waals surface area contributed by atoms with Crippen LogP contribution < -0.4 is 23.7 Å². The summed E-state index contributed by atoms with van der Waals surface area (Å²) in [5.41, 5.74) is 2.48. The lowest BCUT2D eigenvalue weighted by atomic mass is 10.0. The van der Waals surface area contributed by atoms with Gasteiger partial charge in [0.1, 0.15) is 13.2 Å². The Morgan fingerprint density at radius 2 is 1.52 bits per heavy atom. The van der Waals surface area contributed by atoms with E-state index < -0.39 is 0 Å². The first-order chi connectivity index (χ1) is 13.2. The maximum Gasteiger partial charge on any atom is 0.203 e. The van der Waals surface area contributed by atoms with Crippen molar-refractivity contribution in [2.45, 2.75) is 0 Å². The molecule has 0 saturated carbocycles. The Labute approximate surface area is 156 Å². The molecule has 0 fully saturated rings. The maximum absolute atomic E-state index is 5.68. The number of hydrogen-bond donors (Lipinski definition) is 0. The van der Waals surface area contributed by atoms with E-state index in [0.717, 1.165) is 22.4 Å². The van der Waals surface area contributed by atoms with Crippen molar-refractivity contribution in [3.63, 3.8) is 0 Å². The lowest BCUT2D eigenvalue weighted by Gasteiger charge is -2.18. The Morgan fingerprint density at radius 1 is 0.815 bits per heavy atom. The van der Waals surface area contributed by atoms with Gasteiger partial charge in [-0.05, 0) is 29.8 Å². The van der Waals surface area contributed by atoms with Gasteiger partial charge >= 0.3 is 0 Å². The lowest BCUT2D eigenvalue weighted by molar-refractivity contribution is 0.171. The number of fused-ring (bicyclic) bond motifs is 1. The normalized spacial score (nSPS) is 12.6. The Hall–Kier alpha value is -3.35. The molecule has 0 amide bonds. The van der Waals surface area contributed by atoms with E-state index in [-0.39, 0.29) is 0 Å². The van der Waals surface area contributed by atoms with Crippen LogP contribution in [0.3, 0.4) is 0 Å². The first kappa shape index (κ1) is 17.1. The van der Waals surface area contributed by atoms with Crippen LogP contribution in [-0.2, 0) is 0 Å². The van der Waals surface area contributed by atoms with Gasteiger partial charge in [-0.1, -0.05) is 11.2 Å². The molecule has 0 saturated heterocycles. The summed E-state index contributed by atoms with van der Waals surface area (Å²) in [6.45, 7) is 1.08. The van der Waals surface area contributed by atoms with Crippen molar-refractivity contribution in [1.29, 1.82) is 0 Å². The Morgan fingerprint density at radius 3 is 2.19 bits per heavy atom. The number of benzene rings is 2. The average molecular weight is 369 g/mol. The van der Waals surface area contributed by atoms with Crippen LogP contribution in [0.25, 0.3) is 22.5 Å². The van der Waals surface area contributed by atoms with Gasteiger partial charge in [-0.3, -0.25) is 0 Å². The molecule has 3 aromatic rings. The molecule has 0 atom stereocenters. The summed E-state index contributed by atoms with van der Waals surface area (Å²) < 4.78 is 33.1. The zero-order valence-electron chi connectivity index (χ0n) is 15.3. The van der Waals surface area contributed by atoms with Crippen molar-refractivity contribution in [2.75, 3.05) is 34.5 Å². The smallest absolute Gasteiger partial charge is 0.203 e. The molecule has 1 aliphatic heterocycles. The number of methoxy groups -OCH3 is 3. The van der Waals surface area contributed by atoms with E-state index in [1.807, 2.05) is 30.3 Å². The molecule has 0 aliphatic carbocycles. The molecule has 0 spiro atoms. The quantitative estimate of drug-likeness (QED) is 0.677. The fraction of sp³-hybridized carbons (Fsp3) is 0.250. The van der Waals surface area contributed by atoms with Gasteiger partial charge in [-0.25, -0.2) is 0 Å². The molecule has 0 N–H and O–H groups in total. The fourth-order valence-electron chi connectivity index (χ4n) is 3.08. The molecular weight excluding hydrogens is 350 g/mol. The SMILES string of the molecule is COc1cc(-c2oncc2-c2ccc3c(c2)OCCO3)cc(OC)c1OC. The first-order valence-electron chi connectivity index (χ1n) is 8.40. The van der Waals surface area contributed by atoms with Gasteiger partial charge in [0, 0.05) is 11.1 Å². The van der Waals surface area contributed by atoms with Crippen molar-refractivity contribution in [3.05, 3.63) is 36.5 Å². The summed E-state index contributed by atoms with van der Waals surface area (Å²) in [6, 6.07) is 9.40. The zero-order chi connectivity index (χ0) is 18.8. The summed E-state index contributed by atoms with van der Waals surface area (Å²) >= 11 is 0. The summed E-state index contributed by atoms with van der Waals surface area (Å²) in [5, 5.41) is 3.98. The fourth-order valence-corrected chi connectivity index (χ4v) is 3.08. The Balaban J connectivity index is 1.81. The average Bonchev–Trinajstić information content (AvgIpc) is 3.22. The highest BCUT2D eigenvalue weighted by molar-refractivity contribution is 5.82. The predicted octanol–water partition coefficient (Wildman–Crippen LogP) is 3.81. The van der Waals surface area contributed by atoms with Crippen LogP contribution in [0.15, 0.2) is 41.1 Å². The van der Waals surface area contributed by atoms with Crippen molar-refractivity contribution < 1.29 is 28.2 Å². The van der Waals surface area contributed by atoms with Crippen molar-refractivity contribution in [3.8, 4) is 51.2 Å². The third-order valence-electron chi connectivity index (χ3n) is 4.35. The van der Waals surface area contributed by atoms with Crippen LogP contribution in [0.4, 0.5) is 0 Å². The van der Waals surface area contributed by atoms with E-state index >= 15 is 0 Å². The van der Waals surface area contributed by atoms with E-state index in [4.69, 9.17) is 28.2 Å². The van der Waals surface area contributed by atoms with Gasteiger partial charge in [0.2, 0.25) is 5.75 Å². The molecule has 2 heterocycles. The number of rotatable bonds is 5. The predicted molar refractivity (Wildman–Crippen MR) is 98.0 cm³/mol. The van der Waals surface area contributed by atoms with E-state index in [9.17, 15) is 0 Å². The Kier molecular flexibility index (Phi) is 4.50. The van der Waals surface area contributed by atoms with Crippen LogP contribution in [-0.4, -0.2) is 39.7 Å². The number of aromatic nitrogens is 1. The molecule has 140 valence electrons. The highest BCUT2D eigenvalue weighted by Gasteiger charge is 2.21. The van der Waals surface area contributed by atoms with Crippen LogP contribution >= 0.6 is 0 Å². The molecule has 4 rings (SSSR count). The minimum atomic E-state index is 0.518. The third-order valence-corrected chi connectivity index (χ3v) is 4.35. The van der Waals surface area contributed by atoms with Crippen LogP contribution in [0.2, 0.25) is 0 Å². The second-order valence-electron chi connectivity index (χ2n) is 5.84. The standard InChI is InChI=1S/C20H19NO6/c1-22-17-9-13(10-18(23-2)20(17)24-3)19-14(11-21-27-19)12-4-5-15-16(8-12)26-7-6-25-15/h4-5,8-11H,6-7H2,1-3H3. The van der Waals surface area contributed by atoms with E-state index in [0.29, 0.717) is 42.0 Å². The van der Waals surface area contributed by atoms with Crippen LogP contribution in [0, 0.1) is 0 Å². The van der Waals surface area contributed by atoms with Crippen molar-refractivity contribution in [1.82, 2.24) is 5.16 Å². The van der Waals surface area contributed by atoms with Crippen molar-refractivity contribution >= 4 is 0 Å². The topological polar surface area (TPSA) is 72.2 Å². The summed E-state index contributed by atoms with van der Waals surface area (Å²) in [4.78, 5) is 0. The molecule has 1 aliphatic rings. The minimum Gasteiger partial charge on any atom is -0.493 e. The molecule has 7 nitrogen and oxygen atoms in total. The monoisotopic (exact) mass is 369 g/mol.